The fraction of sp³-hybridized carbons (Fsp3) is 0.316. The van der Waals surface area contributed by atoms with Crippen molar-refractivity contribution in [3.63, 3.8) is 0 Å². The van der Waals surface area contributed by atoms with E-state index in [-0.39, 0.29) is 22.8 Å². The Labute approximate surface area is 174 Å². The first-order valence-corrected chi connectivity index (χ1v) is 10.7. The van der Waals surface area contributed by atoms with Crippen molar-refractivity contribution in [3.05, 3.63) is 63.1 Å². The molecule has 0 radical (unpaired) electrons. The second kappa shape index (κ2) is 7.65. The molecule has 2 aromatic carbocycles. The van der Waals surface area contributed by atoms with Crippen molar-refractivity contribution in [2.24, 2.45) is 0 Å². The highest BCUT2D eigenvalue weighted by molar-refractivity contribution is 7.89. The number of hydrogen-bond donors (Lipinski definition) is 1. The van der Waals surface area contributed by atoms with Crippen LogP contribution in [0.3, 0.4) is 0 Å². The molecular formula is C19H20Cl2N2O4S. The van der Waals surface area contributed by atoms with E-state index in [2.05, 4.69) is 0 Å². The first kappa shape index (κ1) is 21.1. The maximum absolute atomic E-state index is 13.2. The number of rotatable bonds is 4. The van der Waals surface area contributed by atoms with Crippen LogP contribution in [0.1, 0.15) is 27.5 Å². The quantitative estimate of drug-likeness (QED) is 0.789. The van der Waals surface area contributed by atoms with E-state index in [1.807, 2.05) is 0 Å². The van der Waals surface area contributed by atoms with Crippen molar-refractivity contribution < 1.29 is 18.3 Å². The van der Waals surface area contributed by atoms with E-state index in [1.165, 1.54) is 30.1 Å². The van der Waals surface area contributed by atoms with Gasteiger partial charge < -0.3 is 10.0 Å². The van der Waals surface area contributed by atoms with E-state index >= 15 is 0 Å². The number of aliphatic hydroxyl groups excluding tert-OH is 1. The Balaban J connectivity index is 2.03. The summed E-state index contributed by atoms with van der Waals surface area (Å²) in [7, 11) is 0.592. The standard InChI is InChI=1S/C19H20Cl2N2O4S/c1-22(2)19(25)11-5-4-6-13(7-11)28(26,27)23(3)18-15-8-12(20)9-16(21)14(15)10-17(18)24/h4-9,17-18,24H,10H2,1-3H3/t17-,18-/m1/s1. The van der Waals surface area contributed by atoms with Crippen LogP contribution in [-0.4, -0.2) is 55.9 Å². The minimum Gasteiger partial charge on any atom is -0.391 e. The van der Waals surface area contributed by atoms with E-state index < -0.39 is 22.2 Å². The fourth-order valence-corrected chi connectivity index (χ4v) is 5.43. The van der Waals surface area contributed by atoms with Gasteiger partial charge in [-0.05, 0) is 41.5 Å². The smallest absolute Gasteiger partial charge is 0.253 e. The van der Waals surface area contributed by atoms with E-state index in [0.717, 1.165) is 4.31 Å². The number of sulfonamides is 1. The van der Waals surface area contributed by atoms with Crippen LogP contribution in [-0.2, 0) is 16.4 Å². The lowest BCUT2D eigenvalue weighted by Crippen LogP contribution is -2.36. The van der Waals surface area contributed by atoms with Crippen LogP contribution in [0, 0.1) is 0 Å². The fourth-order valence-electron chi connectivity index (χ4n) is 3.43. The van der Waals surface area contributed by atoms with Crippen molar-refractivity contribution in [3.8, 4) is 0 Å². The third-order valence-electron chi connectivity index (χ3n) is 4.85. The molecule has 0 bridgehead atoms. The molecule has 1 N–H and O–H groups in total. The van der Waals surface area contributed by atoms with Gasteiger partial charge in [-0.2, -0.15) is 4.31 Å². The lowest BCUT2D eigenvalue weighted by Gasteiger charge is -2.27. The molecule has 1 aliphatic rings. The van der Waals surface area contributed by atoms with Gasteiger partial charge in [0.2, 0.25) is 10.0 Å². The summed E-state index contributed by atoms with van der Waals surface area (Å²) in [5, 5.41) is 11.3. The van der Waals surface area contributed by atoms with Gasteiger partial charge in [-0.15, -0.1) is 0 Å². The molecule has 0 aromatic heterocycles. The molecule has 9 heteroatoms. The number of carbonyl (C=O) groups is 1. The summed E-state index contributed by atoms with van der Waals surface area (Å²) in [6.07, 6.45) is -0.730. The average Bonchev–Trinajstić information content (AvgIpc) is 2.96. The summed E-state index contributed by atoms with van der Waals surface area (Å²) in [5.41, 5.74) is 1.52. The highest BCUT2D eigenvalue weighted by Crippen LogP contribution is 2.42. The molecule has 28 heavy (non-hydrogen) atoms. The maximum Gasteiger partial charge on any atom is 0.253 e. The molecule has 1 aliphatic carbocycles. The Morgan fingerprint density at radius 3 is 2.46 bits per heavy atom. The molecule has 1 amide bonds. The molecule has 150 valence electrons. The molecule has 2 aromatic rings. The van der Waals surface area contributed by atoms with E-state index in [0.29, 0.717) is 21.2 Å². The van der Waals surface area contributed by atoms with Gasteiger partial charge in [0, 0.05) is 43.2 Å². The number of aliphatic hydroxyl groups is 1. The molecule has 0 saturated heterocycles. The number of nitrogens with zero attached hydrogens (tertiary/aromatic N) is 2. The minimum absolute atomic E-state index is 0.0310. The summed E-state index contributed by atoms with van der Waals surface area (Å²) in [6, 6.07) is 8.20. The zero-order valence-electron chi connectivity index (χ0n) is 15.6. The van der Waals surface area contributed by atoms with Gasteiger partial charge in [0.05, 0.1) is 17.0 Å². The molecule has 0 heterocycles. The Kier molecular flexibility index (Phi) is 5.76. The van der Waals surface area contributed by atoms with Gasteiger partial charge in [-0.1, -0.05) is 29.3 Å². The Bertz CT molecular complexity index is 1040. The predicted molar refractivity (Wildman–Crippen MR) is 108 cm³/mol. The molecule has 0 aliphatic heterocycles. The number of carbonyl (C=O) groups excluding carboxylic acids is 1. The van der Waals surface area contributed by atoms with Crippen LogP contribution in [0.15, 0.2) is 41.3 Å². The van der Waals surface area contributed by atoms with E-state index in [9.17, 15) is 18.3 Å². The number of hydrogen-bond acceptors (Lipinski definition) is 4. The molecule has 0 unspecified atom stereocenters. The van der Waals surface area contributed by atoms with Gasteiger partial charge in [0.1, 0.15) is 0 Å². The van der Waals surface area contributed by atoms with Crippen molar-refractivity contribution in [2.45, 2.75) is 23.5 Å². The second-order valence-corrected chi connectivity index (χ2v) is 9.76. The van der Waals surface area contributed by atoms with E-state index in [1.54, 1.807) is 32.3 Å². The lowest BCUT2D eigenvalue weighted by molar-refractivity contribution is 0.0827. The third-order valence-corrected chi connectivity index (χ3v) is 7.24. The molecule has 3 rings (SSSR count). The second-order valence-electron chi connectivity index (χ2n) is 6.92. The van der Waals surface area contributed by atoms with Gasteiger partial charge in [-0.3, -0.25) is 4.79 Å². The Morgan fingerprint density at radius 2 is 1.82 bits per heavy atom. The lowest BCUT2D eigenvalue weighted by atomic mass is 10.1. The normalized spacial score (nSPS) is 19.0. The zero-order chi connectivity index (χ0) is 20.8. The van der Waals surface area contributed by atoms with Gasteiger partial charge in [0.25, 0.3) is 5.91 Å². The highest BCUT2D eigenvalue weighted by Gasteiger charge is 2.40. The van der Waals surface area contributed by atoms with Crippen molar-refractivity contribution in [1.82, 2.24) is 9.21 Å². The first-order chi connectivity index (χ1) is 13.0. The topological polar surface area (TPSA) is 77.9 Å². The summed E-state index contributed by atoms with van der Waals surface area (Å²) in [6.45, 7) is 0. The third kappa shape index (κ3) is 3.65. The highest BCUT2D eigenvalue weighted by atomic mass is 35.5. The predicted octanol–water partition coefficient (Wildman–Crippen LogP) is 2.97. The van der Waals surface area contributed by atoms with Crippen molar-refractivity contribution in [1.29, 1.82) is 0 Å². The number of halogens is 2. The molecule has 0 spiro atoms. The minimum atomic E-state index is -3.99. The maximum atomic E-state index is 13.2. The van der Waals surface area contributed by atoms with Crippen LogP contribution in [0.5, 0.6) is 0 Å². The van der Waals surface area contributed by atoms with Gasteiger partial charge >= 0.3 is 0 Å². The number of benzene rings is 2. The van der Waals surface area contributed by atoms with Crippen LogP contribution in [0.25, 0.3) is 0 Å². The van der Waals surface area contributed by atoms with Crippen LogP contribution < -0.4 is 0 Å². The zero-order valence-corrected chi connectivity index (χ0v) is 17.9. The molecular weight excluding hydrogens is 423 g/mol. The van der Waals surface area contributed by atoms with E-state index in [4.69, 9.17) is 23.2 Å². The summed E-state index contributed by atoms with van der Waals surface area (Å²) < 4.78 is 27.5. The van der Waals surface area contributed by atoms with Crippen LogP contribution in [0.2, 0.25) is 10.0 Å². The van der Waals surface area contributed by atoms with Crippen LogP contribution in [0.4, 0.5) is 0 Å². The van der Waals surface area contributed by atoms with Crippen LogP contribution >= 0.6 is 23.2 Å². The Hall–Kier alpha value is -1.64. The summed E-state index contributed by atoms with van der Waals surface area (Å²) in [5.74, 6) is -0.301. The van der Waals surface area contributed by atoms with Gasteiger partial charge in [-0.25, -0.2) is 8.42 Å². The monoisotopic (exact) mass is 442 g/mol. The molecule has 2 atom stereocenters. The van der Waals surface area contributed by atoms with Gasteiger partial charge in [0.15, 0.2) is 0 Å². The van der Waals surface area contributed by atoms with Crippen molar-refractivity contribution >= 4 is 39.1 Å². The summed E-state index contributed by atoms with van der Waals surface area (Å²) in [4.78, 5) is 13.5. The molecule has 0 fully saturated rings. The summed E-state index contributed by atoms with van der Waals surface area (Å²) >= 11 is 12.3. The number of amides is 1. The average molecular weight is 443 g/mol. The van der Waals surface area contributed by atoms with Crippen molar-refractivity contribution in [2.75, 3.05) is 21.1 Å². The largest absolute Gasteiger partial charge is 0.391 e. The number of likely N-dealkylation sites (N-methyl/N-ethyl adjacent to an activating group) is 1. The SMILES string of the molecule is CN(C)C(=O)c1cccc(S(=O)(=O)N(C)[C@@H]2c3cc(Cl)cc(Cl)c3C[C@H]2O)c1. The molecule has 0 saturated carbocycles. The Morgan fingerprint density at radius 1 is 1.14 bits per heavy atom. The molecule has 6 nitrogen and oxygen atoms in total. The first-order valence-electron chi connectivity index (χ1n) is 8.49. The number of fused-ring (bicyclic) bond motifs is 1.